The van der Waals surface area contributed by atoms with E-state index in [0.29, 0.717) is 17.2 Å². The van der Waals surface area contributed by atoms with E-state index in [1.54, 1.807) is 24.3 Å². The number of nitrogens with one attached hydrogen (secondary N) is 1. The summed E-state index contributed by atoms with van der Waals surface area (Å²) in [6.45, 7) is 5.93. The Kier molecular flexibility index (Phi) is 6.03. The summed E-state index contributed by atoms with van der Waals surface area (Å²) >= 11 is 0. The van der Waals surface area contributed by atoms with Crippen LogP contribution in [0.3, 0.4) is 0 Å². The van der Waals surface area contributed by atoms with Crippen LogP contribution in [0.2, 0.25) is 0 Å². The topological polar surface area (TPSA) is 64.6 Å². The van der Waals surface area contributed by atoms with E-state index in [4.69, 9.17) is 4.74 Å². The third-order valence-corrected chi connectivity index (χ3v) is 3.01. The fraction of sp³-hybridized carbons (Fsp3) is 0.467. The number of amides is 1. The lowest BCUT2D eigenvalue weighted by molar-refractivity contribution is -0.124. The maximum atomic E-state index is 11.7. The van der Waals surface area contributed by atoms with E-state index in [0.717, 1.165) is 0 Å². The van der Waals surface area contributed by atoms with Gasteiger partial charge in [0.15, 0.2) is 6.61 Å². The third-order valence-electron chi connectivity index (χ3n) is 3.01. The van der Waals surface area contributed by atoms with E-state index in [2.05, 4.69) is 10.1 Å². The predicted octanol–water partition coefficient (Wildman–Crippen LogP) is 2.01. The molecular weight excluding hydrogens is 258 g/mol. The molecule has 0 bridgehead atoms. The molecular formula is C15H21NO4. The number of esters is 1. The fourth-order valence-electron chi connectivity index (χ4n) is 1.44. The van der Waals surface area contributed by atoms with Gasteiger partial charge in [-0.15, -0.1) is 0 Å². The smallest absolute Gasteiger partial charge is 0.337 e. The van der Waals surface area contributed by atoms with Crippen molar-refractivity contribution in [1.29, 1.82) is 0 Å². The number of hydrogen-bond donors (Lipinski definition) is 1. The van der Waals surface area contributed by atoms with Crippen LogP contribution in [0.4, 0.5) is 0 Å². The van der Waals surface area contributed by atoms with E-state index in [1.165, 1.54) is 7.11 Å². The van der Waals surface area contributed by atoms with Crippen LogP contribution >= 0.6 is 0 Å². The summed E-state index contributed by atoms with van der Waals surface area (Å²) in [6.07, 6.45) is 0. The Labute approximate surface area is 119 Å². The first-order valence-corrected chi connectivity index (χ1v) is 6.54. The normalized spacial score (nSPS) is 11.8. The molecule has 0 spiro atoms. The van der Waals surface area contributed by atoms with Crippen molar-refractivity contribution in [1.82, 2.24) is 5.32 Å². The Bertz CT molecular complexity index is 471. The van der Waals surface area contributed by atoms with Crippen molar-refractivity contribution in [3.63, 3.8) is 0 Å². The molecule has 0 aliphatic rings. The van der Waals surface area contributed by atoms with E-state index in [-0.39, 0.29) is 18.6 Å². The summed E-state index contributed by atoms with van der Waals surface area (Å²) in [6, 6.07) is 6.62. The van der Waals surface area contributed by atoms with Crippen molar-refractivity contribution in [2.75, 3.05) is 13.7 Å². The standard InChI is InChI=1S/C15H21NO4/c1-10(2)11(3)16-14(17)9-20-13-7-5-6-12(8-13)15(18)19-4/h5-8,10-11H,9H2,1-4H3,(H,16,17). The van der Waals surface area contributed by atoms with Crippen molar-refractivity contribution in [3.8, 4) is 5.75 Å². The van der Waals surface area contributed by atoms with Crippen molar-refractivity contribution >= 4 is 11.9 Å². The molecule has 1 aromatic carbocycles. The average Bonchev–Trinajstić information content (AvgIpc) is 2.44. The van der Waals surface area contributed by atoms with Crippen LogP contribution in [0.5, 0.6) is 5.75 Å². The van der Waals surface area contributed by atoms with E-state index < -0.39 is 5.97 Å². The highest BCUT2D eigenvalue weighted by Gasteiger charge is 2.12. The van der Waals surface area contributed by atoms with Crippen molar-refractivity contribution in [2.24, 2.45) is 5.92 Å². The first kappa shape index (κ1) is 16.0. The number of methoxy groups -OCH3 is 1. The minimum absolute atomic E-state index is 0.0817. The number of ether oxygens (including phenoxy) is 2. The zero-order valence-electron chi connectivity index (χ0n) is 12.3. The molecule has 0 radical (unpaired) electrons. The van der Waals surface area contributed by atoms with Gasteiger partial charge in [0.1, 0.15) is 5.75 Å². The van der Waals surface area contributed by atoms with E-state index in [1.807, 2.05) is 20.8 Å². The van der Waals surface area contributed by atoms with E-state index in [9.17, 15) is 9.59 Å². The first-order valence-electron chi connectivity index (χ1n) is 6.54. The molecule has 1 amide bonds. The molecule has 0 fully saturated rings. The summed E-state index contributed by atoms with van der Waals surface area (Å²) in [4.78, 5) is 23.0. The zero-order valence-corrected chi connectivity index (χ0v) is 12.3. The minimum Gasteiger partial charge on any atom is -0.484 e. The Morgan fingerprint density at radius 1 is 1.25 bits per heavy atom. The van der Waals surface area contributed by atoms with Gasteiger partial charge in [-0.2, -0.15) is 0 Å². The second-order valence-electron chi connectivity index (χ2n) is 4.91. The van der Waals surface area contributed by atoms with Gasteiger partial charge in [-0.3, -0.25) is 4.79 Å². The summed E-state index contributed by atoms with van der Waals surface area (Å²) in [5.74, 6) is 0.199. The summed E-state index contributed by atoms with van der Waals surface area (Å²) in [7, 11) is 1.32. The number of carbonyl (C=O) groups excluding carboxylic acids is 2. The zero-order chi connectivity index (χ0) is 15.1. The Hall–Kier alpha value is -2.04. The molecule has 1 rings (SSSR count). The van der Waals surface area contributed by atoms with Gasteiger partial charge >= 0.3 is 5.97 Å². The minimum atomic E-state index is -0.437. The van der Waals surface area contributed by atoms with Crippen LogP contribution in [0.1, 0.15) is 31.1 Å². The molecule has 0 saturated heterocycles. The van der Waals surface area contributed by atoms with E-state index >= 15 is 0 Å². The summed E-state index contributed by atoms with van der Waals surface area (Å²) < 4.78 is 9.99. The maximum Gasteiger partial charge on any atom is 0.337 e. The Balaban J connectivity index is 2.53. The lowest BCUT2D eigenvalue weighted by atomic mass is 10.1. The molecule has 1 atom stereocenters. The lowest BCUT2D eigenvalue weighted by Crippen LogP contribution is -2.38. The van der Waals surface area contributed by atoms with Crippen LogP contribution in [-0.4, -0.2) is 31.6 Å². The molecule has 110 valence electrons. The lowest BCUT2D eigenvalue weighted by Gasteiger charge is -2.17. The van der Waals surface area contributed by atoms with Crippen molar-refractivity contribution in [2.45, 2.75) is 26.8 Å². The van der Waals surface area contributed by atoms with Gasteiger partial charge in [0, 0.05) is 6.04 Å². The highest BCUT2D eigenvalue weighted by molar-refractivity contribution is 5.89. The second kappa shape index (κ2) is 7.53. The molecule has 0 saturated carbocycles. The average molecular weight is 279 g/mol. The van der Waals surface area contributed by atoms with Crippen LogP contribution < -0.4 is 10.1 Å². The fourth-order valence-corrected chi connectivity index (χ4v) is 1.44. The molecule has 1 aromatic rings. The number of carbonyl (C=O) groups is 2. The molecule has 0 aromatic heterocycles. The predicted molar refractivity (Wildman–Crippen MR) is 75.7 cm³/mol. The van der Waals surface area contributed by atoms with Crippen LogP contribution in [-0.2, 0) is 9.53 Å². The number of rotatable bonds is 6. The second-order valence-corrected chi connectivity index (χ2v) is 4.91. The monoisotopic (exact) mass is 279 g/mol. The first-order chi connectivity index (χ1) is 9.43. The van der Waals surface area contributed by atoms with Crippen LogP contribution in [0, 0.1) is 5.92 Å². The van der Waals surface area contributed by atoms with Crippen LogP contribution in [0.15, 0.2) is 24.3 Å². The van der Waals surface area contributed by atoms with Gasteiger partial charge in [0.2, 0.25) is 0 Å². The Morgan fingerprint density at radius 2 is 1.95 bits per heavy atom. The highest BCUT2D eigenvalue weighted by Crippen LogP contribution is 2.14. The largest absolute Gasteiger partial charge is 0.484 e. The van der Waals surface area contributed by atoms with Gasteiger partial charge < -0.3 is 14.8 Å². The van der Waals surface area contributed by atoms with Gasteiger partial charge in [-0.25, -0.2) is 4.79 Å². The molecule has 1 N–H and O–H groups in total. The maximum absolute atomic E-state index is 11.7. The van der Waals surface area contributed by atoms with Crippen molar-refractivity contribution < 1.29 is 19.1 Å². The van der Waals surface area contributed by atoms with Crippen LogP contribution in [0.25, 0.3) is 0 Å². The third kappa shape index (κ3) is 4.91. The van der Waals surface area contributed by atoms with Crippen molar-refractivity contribution in [3.05, 3.63) is 29.8 Å². The number of hydrogen-bond acceptors (Lipinski definition) is 4. The van der Waals surface area contributed by atoms with Gasteiger partial charge in [0.25, 0.3) is 5.91 Å². The number of benzene rings is 1. The molecule has 5 heteroatoms. The summed E-state index contributed by atoms with van der Waals surface area (Å²) in [5.41, 5.74) is 0.390. The van der Waals surface area contributed by atoms with Gasteiger partial charge in [-0.1, -0.05) is 19.9 Å². The molecule has 20 heavy (non-hydrogen) atoms. The highest BCUT2D eigenvalue weighted by atomic mass is 16.5. The molecule has 0 heterocycles. The molecule has 0 aliphatic carbocycles. The Morgan fingerprint density at radius 3 is 2.55 bits per heavy atom. The molecule has 1 unspecified atom stereocenters. The van der Waals surface area contributed by atoms with Gasteiger partial charge in [0.05, 0.1) is 12.7 Å². The summed E-state index contributed by atoms with van der Waals surface area (Å²) in [5, 5.41) is 2.84. The van der Waals surface area contributed by atoms with Gasteiger partial charge in [-0.05, 0) is 31.0 Å². The SMILES string of the molecule is COC(=O)c1cccc(OCC(=O)NC(C)C(C)C)c1. The quantitative estimate of drug-likeness (QED) is 0.809. The molecule has 0 aliphatic heterocycles. The molecule has 5 nitrogen and oxygen atoms in total.